The van der Waals surface area contributed by atoms with Gasteiger partial charge in [-0.1, -0.05) is 31.2 Å². The second-order valence-corrected chi connectivity index (χ2v) is 4.69. The van der Waals surface area contributed by atoms with Gasteiger partial charge < -0.3 is 10.1 Å². The monoisotopic (exact) mass is 273 g/mol. The van der Waals surface area contributed by atoms with Gasteiger partial charge in [0.25, 0.3) is 0 Å². The van der Waals surface area contributed by atoms with Crippen molar-refractivity contribution in [3.8, 4) is 5.75 Å². The number of nitrogens with one attached hydrogen (secondary N) is 1. The molecule has 0 saturated carbocycles. The zero-order valence-corrected chi connectivity index (χ0v) is 11.7. The van der Waals surface area contributed by atoms with Gasteiger partial charge in [0.05, 0.1) is 0 Å². The maximum atomic E-state index is 12.8. The molecule has 0 fully saturated rings. The standard InChI is InChI=1S/C17H20FNO/c1-2-11-19-12-14-5-3-4-6-15(14)13-20-17-9-7-16(18)8-10-17/h3-10,19H,2,11-13H2,1H3. The summed E-state index contributed by atoms with van der Waals surface area (Å²) in [5, 5.41) is 3.39. The van der Waals surface area contributed by atoms with Crippen molar-refractivity contribution in [2.75, 3.05) is 6.54 Å². The largest absolute Gasteiger partial charge is 0.489 e. The Morgan fingerprint density at radius 2 is 1.70 bits per heavy atom. The van der Waals surface area contributed by atoms with Crippen LogP contribution in [0.3, 0.4) is 0 Å². The summed E-state index contributed by atoms with van der Waals surface area (Å²) in [6.07, 6.45) is 1.12. The first-order valence-electron chi connectivity index (χ1n) is 6.95. The average molecular weight is 273 g/mol. The van der Waals surface area contributed by atoms with Gasteiger partial charge in [-0.15, -0.1) is 0 Å². The summed E-state index contributed by atoms with van der Waals surface area (Å²) in [4.78, 5) is 0. The van der Waals surface area contributed by atoms with Gasteiger partial charge in [-0.3, -0.25) is 0 Å². The van der Waals surface area contributed by atoms with Gasteiger partial charge in [0.1, 0.15) is 18.2 Å². The fraction of sp³-hybridized carbons (Fsp3) is 0.294. The van der Waals surface area contributed by atoms with Crippen LogP contribution < -0.4 is 10.1 Å². The molecule has 1 N–H and O–H groups in total. The summed E-state index contributed by atoms with van der Waals surface area (Å²) < 4.78 is 18.5. The van der Waals surface area contributed by atoms with Crippen molar-refractivity contribution < 1.29 is 9.13 Å². The fourth-order valence-electron chi connectivity index (χ4n) is 1.96. The van der Waals surface area contributed by atoms with Crippen LogP contribution in [0.2, 0.25) is 0 Å². The predicted molar refractivity (Wildman–Crippen MR) is 79.2 cm³/mol. The van der Waals surface area contributed by atoms with Crippen LogP contribution >= 0.6 is 0 Å². The third-order valence-corrected chi connectivity index (χ3v) is 3.07. The molecule has 20 heavy (non-hydrogen) atoms. The highest BCUT2D eigenvalue weighted by Gasteiger charge is 2.02. The van der Waals surface area contributed by atoms with Gasteiger partial charge in [0.15, 0.2) is 0 Å². The van der Waals surface area contributed by atoms with Crippen molar-refractivity contribution in [1.29, 1.82) is 0 Å². The Balaban J connectivity index is 1.96. The molecule has 0 aliphatic heterocycles. The number of benzene rings is 2. The highest BCUT2D eigenvalue weighted by molar-refractivity contribution is 5.28. The van der Waals surface area contributed by atoms with E-state index in [1.165, 1.54) is 17.7 Å². The summed E-state index contributed by atoms with van der Waals surface area (Å²) in [6, 6.07) is 14.3. The molecule has 0 saturated heterocycles. The Bertz CT molecular complexity index is 525. The molecule has 0 unspecified atom stereocenters. The molecule has 0 atom stereocenters. The van der Waals surface area contributed by atoms with Crippen LogP contribution in [0.1, 0.15) is 24.5 Å². The summed E-state index contributed by atoms with van der Waals surface area (Å²) >= 11 is 0. The highest BCUT2D eigenvalue weighted by Crippen LogP contribution is 2.15. The van der Waals surface area contributed by atoms with E-state index in [0.29, 0.717) is 12.4 Å². The van der Waals surface area contributed by atoms with Crippen molar-refractivity contribution in [2.45, 2.75) is 26.5 Å². The van der Waals surface area contributed by atoms with Crippen LogP contribution in [0.25, 0.3) is 0 Å². The van der Waals surface area contributed by atoms with E-state index in [9.17, 15) is 4.39 Å². The SMILES string of the molecule is CCCNCc1ccccc1COc1ccc(F)cc1. The number of hydrogen-bond acceptors (Lipinski definition) is 2. The molecule has 0 aliphatic carbocycles. The molecule has 3 heteroatoms. The normalized spacial score (nSPS) is 10.5. The maximum absolute atomic E-state index is 12.8. The lowest BCUT2D eigenvalue weighted by Crippen LogP contribution is -2.15. The molecule has 0 heterocycles. The topological polar surface area (TPSA) is 21.3 Å². The van der Waals surface area contributed by atoms with Gasteiger partial charge in [0.2, 0.25) is 0 Å². The van der Waals surface area contributed by atoms with Crippen LogP contribution in [0.15, 0.2) is 48.5 Å². The van der Waals surface area contributed by atoms with Gasteiger partial charge in [-0.05, 0) is 48.4 Å². The van der Waals surface area contributed by atoms with E-state index in [4.69, 9.17) is 4.74 Å². The van der Waals surface area contributed by atoms with Crippen LogP contribution in [0.5, 0.6) is 5.75 Å². The number of halogens is 1. The van der Waals surface area contributed by atoms with E-state index in [1.54, 1.807) is 12.1 Å². The van der Waals surface area contributed by atoms with E-state index >= 15 is 0 Å². The first-order valence-corrected chi connectivity index (χ1v) is 6.95. The molecule has 2 aromatic carbocycles. The number of hydrogen-bond donors (Lipinski definition) is 1. The van der Waals surface area contributed by atoms with Crippen molar-refractivity contribution in [1.82, 2.24) is 5.32 Å². The first-order chi connectivity index (χ1) is 9.79. The van der Waals surface area contributed by atoms with Gasteiger partial charge in [-0.2, -0.15) is 0 Å². The Kier molecular flexibility index (Phi) is 5.56. The molecule has 106 valence electrons. The van der Waals surface area contributed by atoms with E-state index < -0.39 is 0 Å². The van der Waals surface area contributed by atoms with Crippen LogP contribution in [0, 0.1) is 5.82 Å². The van der Waals surface area contributed by atoms with E-state index in [-0.39, 0.29) is 5.82 Å². The summed E-state index contributed by atoms with van der Waals surface area (Å²) in [7, 11) is 0. The molecule has 2 aromatic rings. The van der Waals surface area contributed by atoms with Crippen molar-refractivity contribution in [3.05, 3.63) is 65.5 Å². The Morgan fingerprint density at radius 3 is 2.40 bits per heavy atom. The molecular weight excluding hydrogens is 253 g/mol. The Hall–Kier alpha value is -1.87. The Labute approximate surface area is 119 Å². The second-order valence-electron chi connectivity index (χ2n) is 4.69. The summed E-state index contributed by atoms with van der Waals surface area (Å²) in [5.41, 5.74) is 2.39. The smallest absolute Gasteiger partial charge is 0.123 e. The van der Waals surface area contributed by atoms with E-state index in [2.05, 4.69) is 24.4 Å². The molecule has 2 rings (SSSR count). The zero-order valence-electron chi connectivity index (χ0n) is 11.7. The van der Waals surface area contributed by atoms with Crippen molar-refractivity contribution in [2.24, 2.45) is 0 Å². The highest BCUT2D eigenvalue weighted by atomic mass is 19.1. The first kappa shape index (κ1) is 14.5. The third kappa shape index (κ3) is 4.35. The fourth-order valence-corrected chi connectivity index (χ4v) is 1.96. The molecule has 0 amide bonds. The van der Waals surface area contributed by atoms with E-state index in [0.717, 1.165) is 25.1 Å². The van der Waals surface area contributed by atoms with Crippen LogP contribution in [0.4, 0.5) is 4.39 Å². The lowest BCUT2D eigenvalue weighted by molar-refractivity contribution is 0.304. The molecule has 0 bridgehead atoms. The minimum atomic E-state index is -0.249. The molecule has 0 radical (unpaired) electrons. The molecule has 0 aromatic heterocycles. The van der Waals surface area contributed by atoms with E-state index in [1.807, 2.05) is 12.1 Å². The average Bonchev–Trinajstić information content (AvgIpc) is 2.48. The quantitative estimate of drug-likeness (QED) is 0.772. The summed E-state index contributed by atoms with van der Waals surface area (Å²) in [5.74, 6) is 0.434. The molecule has 0 aliphatic rings. The van der Waals surface area contributed by atoms with Crippen LogP contribution in [-0.4, -0.2) is 6.54 Å². The Morgan fingerprint density at radius 1 is 1.00 bits per heavy atom. The minimum absolute atomic E-state index is 0.249. The zero-order chi connectivity index (χ0) is 14.2. The van der Waals surface area contributed by atoms with Crippen LogP contribution in [-0.2, 0) is 13.2 Å². The number of ether oxygens (including phenoxy) is 1. The molecule has 2 nitrogen and oxygen atoms in total. The third-order valence-electron chi connectivity index (χ3n) is 3.07. The lowest BCUT2D eigenvalue weighted by Gasteiger charge is -2.11. The molecular formula is C17H20FNO. The second kappa shape index (κ2) is 7.65. The summed E-state index contributed by atoms with van der Waals surface area (Å²) in [6.45, 7) is 4.50. The predicted octanol–water partition coefficient (Wildman–Crippen LogP) is 3.90. The minimum Gasteiger partial charge on any atom is -0.489 e. The number of rotatable bonds is 7. The van der Waals surface area contributed by atoms with Gasteiger partial charge >= 0.3 is 0 Å². The van der Waals surface area contributed by atoms with Gasteiger partial charge in [0, 0.05) is 6.54 Å². The van der Waals surface area contributed by atoms with Crippen molar-refractivity contribution >= 4 is 0 Å². The van der Waals surface area contributed by atoms with Gasteiger partial charge in [-0.25, -0.2) is 4.39 Å². The molecule has 0 spiro atoms. The lowest BCUT2D eigenvalue weighted by atomic mass is 10.1. The maximum Gasteiger partial charge on any atom is 0.123 e. The van der Waals surface area contributed by atoms with Crippen molar-refractivity contribution in [3.63, 3.8) is 0 Å².